The minimum absolute atomic E-state index is 0. The minimum atomic E-state index is -4.78. The van der Waals surface area contributed by atoms with Crippen molar-refractivity contribution in [2.24, 2.45) is 5.10 Å². The van der Waals surface area contributed by atoms with Gasteiger partial charge in [0.05, 0.1) is 0 Å². The van der Waals surface area contributed by atoms with Gasteiger partial charge in [-0.15, -0.1) is 0 Å². The van der Waals surface area contributed by atoms with E-state index in [0.29, 0.717) is 0 Å². The Labute approximate surface area is 86.9 Å². The first kappa shape index (κ1) is 13.6. The van der Waals surface area contributed by atoms with E-state index in [0.717, 1.165) is 0 Å². The van der Waals surface area contributed by atoms with Crippen LogP contribution in [0.2, 0.25) is 0 Å². The molecule has 1 N–H and O–H groups in total. The molecule has 0 aromatic rings. The third-order valence-corrected chi connectivity index (χ3v) is 1.48. The molecule has 0 fully saturated rings. The average molecular weight is 214 g/mol. The predicted molar refractivity (Wildman–Crippen MR) is 38.2 cm³/mol. The molecule has 9 heteroatoms. The topological polar surface area (TPSA) is 24.4 Å². The summed E-state index contributed by atoms with van der Waals surface area (Å²) in [6.07, 6.45) is -10.6. The van der Waals surface area contributed by atoms with Crippen molar-refractivity contribution >= 4 is 24.6 Å². The van der Waals surface area contributed by atoms with Gasteiger partial charge in [-0.2, -0.15) is 31.4 Å². The van der Waals surface area contributed by atoms with Gasteiger partial charge < -0.3 is 0 Å². The van der Waals surface area contributed by atoms with Gasteiger partial charge in [-0.1, -0.05) is 0 Å². The van der Waals surface area contributed by atoms with E-state index in [1.165, 1.54) is 5.43 Å². The van der Waals surface area contributed by atoms with Gasteiger partial charge >= 0.3 is 31.2 Å². The van der Waals surface area contributed by atoms with Gasteiger partial charge in [0.1, 0.15) is 11.8 Å². The van der Waals surface area contributed by atoms with E-state index in [9.17, 15) is 26.3 Å². The summed E-state index contributed by atoms with van der Waals surface area (Å²) in [5.41, 5.74) is -0.0253. The molecule has 0 saturated heterocycles. The Morgan fingerprint density at radius 1 is 1.14 bits per heavy atom. The molecule has 1 aliphatic rings. The van der Waals surface area contributed by atoms with Crippen molar-refractivity contribution in [1.29, 1.82) is 0 Å². The molecule has 0 saturated carbocycles. The zero-order valence-electron chi connectivity index (χ0n) is 6.00. The molecule has 0 spiro atoms. The third-order valence-electron chi connectivity index (χ3n) is 1.48. The van der Waals surface area contributed by atoms with Gasteiger partial charge in [0.25, 0.3) is 0 Å². The van der Waals surface area contributed by atoms with Crippen molar-refractivity contribution in [2.75, 3.05) is 0 Å². The summed E-state index contributed by atoms with van der Waals surface area (Å²) in [7, 11) is 0. The Hall–Kier alpha value is -0.353. The van der Waals surface area contributed by atoms with E-state index in [2.05, 4.69) is 5.10 Å². The zero-order chi connectivity index (χ0) is 10.3. The van der Waals surface area contributed by atoms with E-state index in [1.807, 2.05) is 0 Å². The number of hydrazone groups is 1. The first-order valence-electron chi connectivity index (χ1n) is 3.17. The van der Waals surface area contributed by atoms with Gasteiger partial charge in [-0.25, -0.2) is 0 Å². The molecule has 0 radical (unpaired) electrons. The maximum absolute atomic E-state index is 11.8. The van der Waals surface area contributed by atoms with Crippen LogP contribution in [0.5, 0.6) is 0 Å². The average Bonchev–Trinajstić information content (AvgIpc) is 2.28. The van der Waals surface area contributed by atoms with E-state index in [4.69, 9.17) is 0 Å². The first-order chi connectivity index (χ1) is 5.71. The summed E-state index contributed by atoms with van der Waals surface area (Å²) in [5, 5.41) is 2.58. The van der Waals surface area contributed by atoms with Gasteiger partial charge in [-0.3, -0.25) is 5.43 Å². The summed E-state index contributed by atoms with van der Waals surface area (Å²) in [6, 6.07) is -2.22. The molecule has 78 valence electrons. The molecular weight excluding hydrogens is 209 g/mol. The Morgan fingerprint density at radius 2 is 1.64 bits per heavy atom. The van der Waals surface area contributed by atoms with Gasteiger partial charge in [0, 0.05) is 6.42 Å². The number of halogens is 6. The molecule has 2 nitrogen and oxygen atoms in total. The normalized spacial score (nSPS) is 22.4. The number of hydrogen-bond donors (Lipinski definition) is 1. The van der Waals surface area contributed by atoms with E-state index in [-0.39, 0.29) is 18.9 Å². The fraction of sp³-hybridized carbons (Fsp3) is 0.800. The summed E-state index contributed by atoms with van der Waals surface area (Å²) >= 11 is 0. The van der Waals surface area contributed by atoms with Crippen LogP contribution in [0.3, 0.4) is 0 Å². The van der Waals surface area contributed by atoms with Gasteiger partial charge in [0.2, 0.25) is 0 Å². The van der Waals surface area contributed by atoms with Crippen molar-refractivity contribution in [3.05, 3.63) is 0 Å². The van der Waals surface area contributed by atoms with Crippen LogP contribution in [0.15, 0.2) is 5.10 Å². The van der Waals surface area contributed by atoms with Crippen LogP contribution in [-0.2, 0) is 0 Å². The summed E-state index contributed by atoms with van der Waals surface area (Å²) in [4.78, 5) is 0. The predicted octanol–water partition coefficient (Wildman–Crippen LogP) is 1.18. The molecular formula is C5H5F6LiN2. The molecule has 1 heterocycles. The zero-order valence-corrected chi connectivity index (χ0v) is 6.00. The number of alkyl halides is 6. The molecule has 0 aromatic carbocycles. The Kier molecular flexibility index (Phi) is 3.92. The van der Waals surface area contributed by atoms with Crippen LogP contribution in [0.4, 0.5) is 26.3 Å². The molecule has 1 rings (SSSR count). The fourth-order valence-electron chi connectivity index (χ4n) is 0.809. The fourth-order valence-corrected chi connectivity index (χ4v) is 0.809. The Bertz CT molecular complexity index is 231. The Balaban J connectivity index is 0.00000169. The number of nitrogens with zero attached hydrogens (tertiary/aromatic N) is 1. The van der Waals surface area contributed by atoms with Gasteiger partial charge in [0.15, 0.2) is 0 Å². The number of rotatable bonds is 0. The van der Waals surface area contributed by atoms with Crippen LogP contribution >= 0.6 is 0 Å². The summed E-state index contributed by atoms with van der Waals surface area (Å²) < 4.78 is 70.8. The van der Waals surface area contributed by atoms with E-state index in [1.54, 1.807) is 0 Å². The van der Waals surface area contributed by atoms with Crippen molar-refractivity contribution < 1.29 is 26.3 Å². The van der Waals surface area contributed by atoms with Crippen molar-refractivity contribution in [3.63, 3.8) is 0 Å². The van der Waals surface area contributed by atoms with E-state index >= 15 is 0 Å². The van der Waals surface area contributed by atoms with Crippen molar-refractivity contribution in [3.8, 4) is 0 Å². The van der Waals surface area contributed by atoms with Crippen LogP contribution in [-0.4, -0.2) is 43.0 Å². The van der Waals surface area contributed by atoms with E-state index < -0.39 is 30.5 Å². The molecule has 0 amide bonds. The Morgan fingerprint density at radius 3 is 1.86 bits per heavy atom. The molecule has 1 aliphatic heterocycles. The molecule has 0 aromatic heterocycles. The SMILES string of the molecule is FC(F)(F)C1=NNC(C(F)(F)F)C1.[LiH]. The van der Waals surface area contributed by atoms with Crippen LogP contribution in [0, 0.1) is 0 Å². The van der Waals surface area contributed by atoms with Gasteiger partial charge in [-0.05, 0) is 0 Å². The standard InChI is InChI=1S/C5H4F6N2.Li.H/c6-4(7,8)2-1-3(13-12-2)5(9,10)11;;/h2,12H,1H2;;. The van der Waals surface area contributed by atoms with Crippen LogP contribution in [0.1, 0.15) is 6.42 Å². The maximum atomic E-state index is 11.8. The summed E-state index contributed by atoms with van der Waals surface area (Å²) in [5.74, 6) is 0. The molecule has 1 unspecified atom stereocenters. The second-order valence-corrected chi connectivity index (χ2v) is 2.48. The quantitative estimate of drug-likeness (QED) is 0.475. The van der Waals surface area contributed by atoms with Crippen molar-refractivity contribution in [2.45, 2.75) is 24.8 Å². The molecule has 1 atom stereocenters. The molecule has 0 aliphatic carbocycles. The summed E-state index contributed by atoms with van der Waals surface area (Å²) in [6.45, 7) is 0. The monoisotopic (exact) mass is 214 g/mol. The first-order valence-corrected chi connectivity index (χ1v) is 3.17. The second kappa shape index (κ2) is 4.02. The third kappa shape index (κ3) is 3.10. The van der Waals surface area contributed by atoms with Crippen molar-refractivity contribution in [1.82, 2.24) is 5.43 Å². The number of nitrogens with one attached hydrogen (secondary N) is 1. The molecule has 14 heavy (non-hydrogen) atoms. The number of hydrogen-bond acceptors (Lipinski definition) is 2. The van der Waals surface area contributed by atoms with Crippen LogP contribution in [0.25, 0.3) is 0 Å². The second-order valence-electron chi connectivity index (χ2n) is 2.48. The van der Waals surface area contributed by atoms with Crippen LogP contribution < -0.4 is 5.43 Å². The molecule has 0 bridgehead atoms.